The summed E-state index contributed by atoms with van der Waals surface area (Å²) in [6.07, 6.45) is 2.42. The summed E-state index contributed by atoms with van der Waals surface area (Å²) < 4.78 is 30.8. The van der Waals surface area contributed by atoms with Crippen molar-refractivity contribution in [3.05, 3.63) is 106 Å². The molecule has 31 heavy (non-hydrogen) atoms. The van der Waals surface area contributed by atoms with E-state index in [1.807, 2.05) is 18.2 Å². The Morgan fingerprint density at radius 1 is 0.935 bits per heavy atom. The van der Waals surface area contributed by atoms with Crippen molar-refractivity contribution in [1.82, 2.24) is 0 Å². The second kappa shape index (κ2) is 9.21. The van der Waals surface area contributed by atoms with Crippen LogP contribution in [0.25, 0.3) is 5.57 Å². The van der Waals surface area contributed by atoms with Crippen molar-refractivity contribution in [2.24, 2.45) is 5.92 Å². The molecule has 3 aromatic carbocycles. The zero-order chi connectivity index (χ0) is 22.0. The Hall–Kier alpha value is -2.69. The van der Waals surface area contributed by atoms with Gasteiger partial charge in [0.25, 0.3) is 0 Å². The molecule has 0 spiro atoms. The molecule has 3 aromatic rings. The van der Waals surface area contributed by atoms with Gasteiger partial charge in [-0.05, 0) is 53.5 Å². The highest BCUT2D eigenvalue weighted by Gasteiger charge is 2.36. The average Bonchev–Trinajstić information content (AvgIpc) is 3.19. The molecule has 0 fully saturated rings. The Balaban J connectivity index is 1.76. The fourth-order valence-corrected chi connectivity index (χ4v) is 4.35. The van der Waals surface area contributed by atoms with Crippen molar-refractivity contribution >= 4 is 34.6 Å². The minimum absolute atomic E-state index is 0.0807. The number of carbonyl (C=O) groups is 1. The number of hydrogen-bond acceptors (Lipinski definition) is 2. The molecule has 2 atom stereocenters. The topological polar surface area (TPSA) is 26.3 Å². The Morgan fingerprint density at radius 2 is 1.68 bits per heavy atom. The van der Waals surface area contributed by atoms with Crippen LogP contribution in [0.5, 0.6) is 5.75 Å². The van der Waals surface area contributed by atoms with Crippen molar-refractivity contribution < 1.29 is 18.3 Å². The smallest absolute Gasteiger partial charge is 0.387 e. The normalized spacial score (nSPS) is 18.2. The molecule has 0 amide bonds. The highest BCUT2D eigenvalue weighted by molar-refractivity contribution is 6.31. The first kappa shape index (κ1) is 21.5. The number of rotatable bonds is 6. The molecule has 0 aliphatic heterocycles. The van der Waals surface area contributed by atoms with E-state index in [0.29, 0.717) is 27.6 Å². The van der Waals surface area contributed by atoms with Crippen molar-refractivity contribution in [3.8, 4) is 5.75 Å². The molecule has 0 N–H and O–H groups in total. The maximum Gasteiger partial charge on any atom is 0.387 e. The number of hydrogen-bond donors (Lipinski definition) is 0. The van der Waals surface area contributed by atoms with Gasteiger partial charge in [0.05, 0.1) is 0 Å². The van der Waals surface area contributed by atoms with E-state index in [-0.39, 0.29) is 17.5 Å². The van der Waals surface area contributed by atoms with Crippen LogP contribution in [0.2, 0.25) is 10.0 Å². The van der Waals surface area contributed by atoms with Crippen LogP contribution in [-0.4, -0.2) is 12.4 Å². The number of Topliss-reactive ketones (excluding diaryl/α,β-unsaturated/α-hetero) is 1. The molecule has 0 radical (unpaired) electrons. The lowest BCUT2D eigenvalue weighted by atomic mass is 9.83. The molecule has 2 nitrogen and oxygen atoms in total. The van der Waals surface area contributed by atoms with E-state index in [4.69, 9.17) is 27.9 Å². The third-order valence-electron chi connectivity index (χ3n) is 5.42. The summed E-state index contributed by atoms with van der Waals surface area (Å²) in [6.45, 7) is -2.95. The minimum Gasteiger partial charge on any atom is -0.435 e. The van der Waals surface area contributed by atoms with E-state index in [2.05, 4.69) is 0 Å². The molecule has 0 heterocycles. The largest absolute Gasteiger partial charge is 0.435 e. The molecule has 1 aliphatic carbocycles. The van der Waals surface area contributed by atoms with Gasteiger partial charge in [0.1, 0.15) is 5.75 Å². The van der Waals surface area contributed by atoms with Crippen molar-refractivity contribution in [1.29, 1.82) is 0 Å². The lowest BCUT2D eigenvalue weighted by molar-refractivity contribution is -0.0506. The lowest BCUT2D eigenvalue weighted by Gasteiger charge is -2.22. The molecule has 0 aromatic heterocycles. The molecular weight excluding hydrogens is 441 g/mol. The number of ketones is 1. The SMILES string of the molecule is O=C(c1cccc(Cl)c1)C1C=C(c2ccc(Cl)cc2)CC1c1ccccc1OC(F)F. The van der Waals surface area contributed by atoms with E-state index in [1.165, 1.54) is 6.07 Å². The monoisotopic (exact) mass is 458 g/mol. The van der Waals surface area contributed by atoms with Crippen LogP contribution >= 0.6 is 23.2 Å². The van der Waals surface area contributed by atoms with E-state index >= 15 is 0 Å². The van der Waals surface area contributed by atoms with Gasteiger partial charge < -0.3 is 4.74 Å². The van der Waals surface area contributed by atoms with Crippen LogP contribution < -0.4 is 4.74 Å². The number of alkyl halides is 2. The van der Waals surface area contributed by atoms with E-state index in [9.17, 15) is 13.6 Å². The Labute approximate surface area is 189 Å². The Morgan fingerprint density at radius 3 is 2.39 bits per heavy atom. The molecule has 2 unspecified atom stereocenters. The predicted molar refractivity (Wildman–Crippen MR) is 119 cm³/mol. The second-order valence-corrected chi connectivity index (χ2v) is 8.20. The van der Waals surface area contributed by atoms with Gasteiger partial charge in [-0.2, -0.15) is 8.78 Å². The van der Waals surface area contributed by atoms with Gasteiger partial charge in [0.2, 0.25) is 0 Å². The minimum atomic E-state index is -2.95. The first-order chi connectivity index (χ1) is 14.9. The number of para-hydroxylation sites is 1. The van der Waals surface area contributed by atoms with Crippen molar-refractivity contribution in [2.75, 3.05) is 0 Å². The molecular formula is C25H18Cl2F2O2. The summed E-state index contributed by atoms with van der Waals surface area (Å²) in [5, 5.41) is 1.07. The summed E-state index contributed by atoms with van der Waals surface area (Å²) in [4.78, 5) is 13.4. The Bertz CT molecular complexity index is 1130. The zero-order valence-electron chi connectivity index (χ0n) is 16.3. The maximum absolute atomic E-state index is 13.4. The zero-order valence-corrected chi connectivity index (χ0v) is 17.8. The fraction of sp³-hybridized carbons (Fsp3) is 0.160. The fourth-order valence-electron chi connectivity index (χ4n) is 4.03. The summed E-state index contributed by atoms with van der Waals surface area (Å²) >= 11 is 12.1. The second-order valence-electron chi connectivity index (χ2n) is 7.33. The average molecular weight is 459 g/mol. The summed E-state index contributed by atoms with van der Waals surface area (Å²) in [7, 11) is 0. The van der Waals surface area contributed by atoms with Crippen molar-refractivity contribution in [2.45, 2.75) is 19.0 Å². The standard InChI is InChI=1S/C25H18Cl2F2O2/c26-18-10-8-15(9-11-18)17-13-21(20-6-1-2-7-23(20)31-25(28)29)22(14-17)24(30)16-4-3-5-19(27)12-16/h1-12,14,21-22,25H,13H2. The van der Waals surface area contributed by atoms with Crippen LogP contribution in [0, 0.1) is 5.92 Å². The first-order valence-electron chi connectivity index (χ1n) is 9.72. The van der Waals surface area contributed by atoms with Gasteiger partial charge in [0.15, 0.2) is 5.78 Å². The molecule has 158 valence electrons. The van der Waals surface area contributed by atoms with Crippen LogP contribution in [0.4, 0.5) is 8.78 Å². The van der Waals surface area contributed by atoms with Crippen LogP contribution in [0.3, 0.4) is 0 Å². The quantitative estimate of drug-likeness (QED) is 0.354. The van der Waals surface area contributed by atoms with Gasteiger partial charge >= 0.3 is 6.61 Å². The van der Waals surface area contributed by atoms with Gasteiger partial charge in [-0.1, -0.05) is 71.7 Å². The molecule has 4 rings (SSSR count). The van der Waals surface area contributed by atoms with Crippen LogP contribution in [-0.2, 0) is 0 Å². The number of carbonyl (C=O) groups excluding carboxylic acids is 1. The highest BCUT2D eigenvalue weighted by Crippen LogP contribution is 2.47. The van der Waals surface area contributed by atoms with Gasteiger partial charge in [0, 0.05) is 27.4 Å². The van der Waals surface area contributed by atoms with Gasteiger partial charge in [-0.25, -0.2) is 0 Å². The first-order valence-corrected chi connectivity index (χ1v) is 10.5. The number of halogens is 4. The summed E-state index contributed by atoms with van der Waals surface area (Å²) in [5.74, 6) is -0.945. The van der Waals surface area contributed by atoms with E-state index in [1.54, 1.807) is 54.6 Å². The molecule has 0 bridgehead atoms. The number of benzene rings is 3. The lowest BCUT2D eigenvalue weighted by Crippen LogP contribution is -2.19. The third-order valence-corrected chi connectivity index (χ3v) is 5.90. The molecule has 0 saturated carbocycles. The maximum atomic E-state index is 13.4. The number of ether oxygens (including phenoxy) is 1. The highest BCUT2D eigenvalue weighted by atomic mass is 35.5. The summed E-state index contributed by atoms with van der Waals surface area (Å²) in [5.41, 5.74) is 2.93. The molecule has 6 heteroatoms. The number of allylic oxidation sites excluding steroid dienone is 2. The summed E-state index contributed by atoms with van der Waals surface area (Å²) in [6, 6.07) is 20.7. The molecule has 0 saturated heterocycles. The van der Waals surface area contributed by atoms with Crippen molar-refractivity contribution in [3.63, 3.8) is 0 Å². The van der Waals surface area contributed by atoms with Crippen LogP contribution in [0.15, 0.2) is 78.9 Å². The van der Waals surface area contributed by atoms with E-state index in [0.717, 1.165) is 11.1 Å². The predicted octanol–water partition coefficient (Wildman–Crippen LogP) is 7.66. The van der Waals surface area contributed by atoms with E-state index < -0.39 is 12.5 Å². The van der Waals surface area contributed by atoms with Gasteiger partial charge in [-0.15, -0.1) is 0 Å². The Kier molecular flexibility index (Phi) is 6.40. The third kappa shape index (κ3) is 4.81. The van der Waals surface area contributed by atoms with Crippen LogP contribution in [0.1, 0.15) is 33.8 Å². The molecule has 1 aliphatic rings. The van der Waals surface area contributed by atoms with Gasteiger partial charge in [-0.3, -0.25) is 4.79 Å².